The zero-order chi connectivity index (χ0) is 9.23. The summed E-state index contributed by atoms with van der Waals surface area (Å²) in [6.07, 6.45) is 1.07. The number of ether oxygens (including phenoxy) is 2. The summed E-state index contributed by atoms with van der Waals surface area (Å²) in [5.41, 5.74) is 0. The number of rotatable bonds is 8. The predicted molar refractivity (Wildman–Crippen MR) is 50.5 cm³/mol. The summed E-state index contributed by atoms with van der Waals surface area (Å²) in [5.74, 6) is 0. The van der Waals surface area contributed by atoms with Crippen molar-refractivity contribution in [1.29, 1.82) is 0 Å². The molecule has 0 spiro atoms. The minimum atomic E-state index is 0.553. The Kier molecular flexibility index (Phi) is 8.88. The normalized spacial score (nSPS) is 13.2. The molecule has 1 N–H and O–H groups in total. The molecule has 3 heteroatoms. The van der Waals surface area contributed by atoms with Crippen LogP contribution in [0.4, 0.5) is 0 Å². The molecule has 0 heterocycles. The third-order valence-electron chi connectivity index (χ3n) is 1.68. The third-order valence-corrected chi connectivity index (χ3v) is 1.68. The molecule has 12 heavy (non-hydrogen) atoms. The van der Waals surface area contributed by atoms with Gasteiger partial charge in [0.25, 0.3) is 0 Å². The zero-order valence-electron chi connectivity index (χ0n) is 8.43. The van der Waals surface area contributed by atoms with Crippen LogP contribution in [0.1, 0.15) is 20.3 Å². The second-order valence-corrected chi connectivity index (χ2v) is 2.85. The molecule has 0 amide bonds. The van der Waals surface area contributed by atoms with E-state index in [2.05, 4.69) is 19.2 Å². The van der Waals surface area contributed by atoms with Crippen molar-refractivity contribution >= 4 is 0 Å². The topological polar surface area (TPSA) is 30.5 Å². The van der Waals surface area contributed by atoms with E-state index >= 15 is 0 Å². The van der Waals surface area contributed by atoms with Crippen LogP contribution in [0.3, 0.4) is 0 Å². The lowest BCUT2D eigenvalue weighted by molar-refractivity contribution is 0.0665. The van der Waals surface area contributed by atoms with Gasteiger partial charge in [-0.1, -0.05) is 6.92 Å². The van der Waals surface area contributed by atoms with E-state index in [1.807, 2.05) is 0 Å². The summed E-state index contributed by atoms with van der Waals surface area (Å²) in [7, 11) is 1.69. The number of hydrogen-bond donors (Lipinski definition) is 1. The van der Waals surface area contributed by atoms with Crippen molar-refractivity contribution in [3.05, 3.63) is 0 Å². The van der Waals surface area contributed by atoms with Crippen LogP contribution in [-0.4, -0.2) is 39.5 Å². The minimum absolute atomic E-state index is 0.553. The van der Waals surface area contributed by atoms with Gasteiger partial charge in [0.05, 0.1) is 13.2 Å². The Balaban J connectivity index is 2.97. The highest BCUT2D eigenvalue weighted by molar-refractivity contribution is 4.57. The van der Waals surface area contributed by atoms with Gasteiger partial charge >= 0.3 is 0 Å². The molecule has 0 aliphatic heterocycles. The quantitative estimate of drug-likeness (QED) is 0.559. The lowest BCUT2D eigenvalue weighted by atomic mass is 10.2. The van der Waals surface area contributed by atoms with Gasteiger partial charge in [-0.05, 0) is 19.9 Å². The zero-order valence-corrected chi connectivity index (χ0v) is 8.43. The van der Waals surface area contributed by atoms with Crippen LogP contribution < -0.4 is 5.32 Å². The van der Waals surface area contributed by atoms with Crippen molar-refractivity contribution < 1.29 is 9.47 Å². The summed E-state index contributed by atoms with van der Waals surface area (Å²) in [6, 6.07) is 0.553. The Morgan fingerprint density at radius 1 is 1.25 bits per heavy atom. The molecular formula is C9H21NO2. The molecule has 74 valence electrons. The van der Waals surface area contributed by atoms with E-state index in [9.17, 15) is 0 Å². The lowest BCUT2D eigenvalue weighted by Crippen LogP contribution is -2.26. The van der Waals surface area contributed by atoms with Crippen LogP contribution in [0.2, 0.25) is 0 Å². The van der Waals surface area contributed by atoms with Crippen LogP contribution in [0.15, 0.2) is 0 Å². The number of methoxy groups -OCH3 is 1. The summed E-state index contributed by atoms with van der Waals surface area (Å²) < 4.78 is 10.2. The molecule has 0 fully saturated rings. The fourth-order valence-corrected chi connectivity index (χ4v) is 0.955. The molecule has 0 aliphatic rings. The van der Waals surface area contributed by atoms with Gasteiger partial charge in [0, 0.05) is 19.8 Å². The minimum Gasteiger partial charge on any atom is -0.382 e. The summed E-state index contributed by atoms with van der Waals surface area (Å²) >= 11 is 0. The monoisotopic (exact) mass is 175 g/mol. The maximum absolute atomic E-state index is 5.33. The van der Waals surface area contributed by atoms with E-state index in [0.29, 0.717) is 19.3 Å². The van der Waals surface area contributed by atoms with Gasteiger partial charge in [0.1, 0.15) is 0 Å². The van der Waals surface area contributed by atoms with E-state index < -0.39 is 0 Å². The third kappa shape index (κ3) is 7.98. The largest absolute Gasteiger partial charge is 0.382 e. The Bertz CT molecular complexity index is 88.6. The Morgan fingerprint density at radius 2 is 2.00 bits per heavy atom. The molecule has 0 aromatic heterocycles. The maximum atomic E-state index is 5.33. The maximum Gasteiger partial charge on any atom is 0.0700 e. The molecule has 0 saturated carbocycles. The molecule has 0 aromatic rings. The van der Waals surface area contributed by atoms with Crippen molar-refractivity contribution in [2.24, 2.45) is 0 Å². The van der Waals surface area contributed by atoms with Gasteiger partial charge in [0.15, 0.2) is 0 Å². The van der Waals surface area contributed by atoms with Gasteiger partial charge in [-0.3, -0.25) is 0 Å². The Labute approximate surface area is 75.4 Å². The highest BCUT2D eigenvalue weighted by Gasteiger charge is 1.98. The first-order chi connectivity index (χ1) is 5.81. The molecule has 3 nitrogen and oxygen atoms in total. The van der Waals surface area contributed by atoms with Crippen molar-refractivity contribution in [2.45, 2.75) is 26.3 Å². The second-order valence-electron chi connectivity index (χ2n) is 2.85. The average Bonchev–Trinajstić information content (AvgIpc) is 2.05. The van der Waals surface area contributed by atoms with Crippen molar-refractivity contribution in [3.8, 4) is 0 Å². The lowest BCUT2D eigenvalue weighted by Gasteiger charge is -2.11. The molecular weight excluding hydrogens is 154 g/mol. The predicted octanol–water partition coefficient (Wildman–Crippen LogP) is 1.04. The fraction of sp³-hybridized carbons (Fsp3) is 1.00. The van der Waals surface area contributed by atoms with Gasteiger partial charge in [0.2, 0.25) is 0 Å². The first-order valence-electron chi connectivity index (χ1n) is 4.61. The van der Waals surface area contributed by atoms with Crippen molar-refractivity contribution in [2.75, 3.05) is 33.5 Å². The number of hydrogen-bond acceptors (Lipinski definition) is 3. The van der Waals surface area contributed by atoms with E-state index in [0.717, 1.165) is 19.6 Å². The number of nitrogens with one attached hydrogen (secondary N) is 1. The van der Waals surface area contributed by atoms with E-state index in [4.69, 9.17) is 9.47 Å². The Morgan fingerprint density at radius 3 is 2.58 bits per heavy atom. The SMILES string of the molecule is CCNC(C)CCOCCOC. The molecule has 0 rings (SSSR count). The van der Waals surface area contributed by atoms with Crippen LogP contribution in [-0.2, 0) is 9.47 Å². The van der Waals surface area contributed by atoms with Gasteiger partial charge in [-0.15, -0.1) is 0 Å². The molecule has 1 atom stereocenters. The molecule has 0 radical (unpaired) electrons. The first-order valence-corrected chi connectivity index (χ1v) is 4.61. The fourth-order valence-electron chi connectivity index (χ4n) is 0.955. The molecule has 0 aromatic carbocycles. The molecule has 0 aliphatic carbocycles. The Hall–Kier alpha value is -0.120. The molecule has 1 unspecified atom stereocenters. The highest BCUT2D eigenvalue weighted by Crippen LogP contribution is 1.90. The molecule has 0 saturated heterocycles. The average molecular weight is 175 g/mol. The highest BCUT2D eigenvalue weighted by atomic mass is 16.5. The summed E-state index contributed by atoms with van der Waals surface area (Å²) in [4.78, 5) is 0. The first kappa shape index (κ1) is 11.9. The van der Waals surface area contributed by atoms with Crippen LogP contribution in [0.5, 0.6) is 0 Å². The van der Waals surface area contributed by atoms with Crippen LogP contribution in [0.25, 0.3) is 0 Å². The van der Waals surface area contributed by atoms with Crippen molar-refractivity contribution in [3.63, 3.8) is 0 Å². The van der Waals surface area contributed by atoms with Gasteiger partial charge in [-0.2, -0.15) is 0 Å². The smallest absolute Gasteiger partial charge is 0.0700 e. The molecule has 0 bridgehead atoms. The van der Waals surface area contributed by atoms with Gasteiger partial charge in [-0.25, -0.2) is 0 Å². The van der Waals surface area contributed by atoms with Gasteiger partial charge < -0.3 is 14.8 Å². The van der Waals surface area contributed by atoms with E-state index in [1.165, 1.54) is 0 Å². The van der Waals surface area contributed by atoms with E-state index in [1.54, 1.807) is 7.11 Å². The van der Waals surface area contributed by atoms with Crippen LogP contribution in [0, 0.1) is 0 Å². The second kappa shape index (κ2) is 8.97. The van der Waals surface area contributed by atoms with E-state index in [-0.39, 0.29) is 0 Å². The summed E-state index contributed by atoms with van der Waals surface area (Å²) in [6.45, 7) is 7.52. The van der Waals surface area contributed by atoms with Crippen molar-refractivity contribution in [1.82, 2.24) is 5.32 Å². The summed E-state index contributed by atoms with van der Waals surface area (Å²) in [5, 5.41) is 3.33. The van der Waals surface area contributed by atoms with Crippen LogP contribution >= 0.6 is 0 Å². The standard InChI is InChI=1S/C9H21NO2/c1-4-10-9(2)5-6-12-8-7-11-3/h9-10H,4-8H2,1-3H3.